The van der Waals surface area contributed by atoms with Gasteiger partial charge in [-0.2, -0.15) is 13.2 Å². The Balaban J connectivity index is 2.15. The van der Waals surface area contributed by atoms with Gasteiger partial charge in [0.1, 0.15) is 10.6 Å². The Morgan fingerprint density at radius 1 is 1.16 bits per heavy atom. The van der Waals surface area contributed by atoms with E-state index in [0.717, 1.165) is 0 Å². The molecule has 0 aliphatic carbocycles. The number of sulfonamides is 1. The van der Waals surface area contributed by atoms with Crippen LogP contribution in [0.2, 0.25) is 0 Å². The third-order valence-corrected chi connectivity index (χ3v) is 4.47. The van der Waals surface area contributed by atoms with E-state index in [-0.39, 0.29) is 28.6 Å². The van der Waals surface area contributed by atoms with Gasteiger partial charge >= 0.3 is 6.18 Å². The topological polar surface area (TPSA) is 77.5 Å². The average molecular weight is 376 g/mol. The molecule has 6 nitrogen and oxygen atoms in total. The molecule has 0 atom stereocenters. The van der Waals surface area contributed by atoms with E-state index < -0.39 is 22.8 Å². The van der Waals surface area contributed by atoms with Crippen LogP contribution in [0, 0.1) is 0 Å². The number of aromatic nitrogens is 1. The Kier molecular flexibility index (Phi) is 5.85. The highest BCUT2D eigenvalue weighted by molar-refractivity contribution is 7.89. The second-order valence-corrected chi connectivity index (χ2v) is 6.58. The summed E-state index contributed by atoms with van der Waals surface area (Å²) >= 11 is 0. The second kappa shape index (κ2) is 7.70. The first-order valence-electron chi connectivity index (χ1n) is 6.99. The highest BCUT2D eigenvalue weighted by Crippen LogP contribution is 2.24. The molecular weight excluding hydrogens is 361 g/mol. The predicted octanol–water partition coefficient (Wildman–Crippen LogP) is 2.51. The lowest BCUT2D eigenvalue weighted by Crippen LogP contribution is -2.25. The summed E-state index contributed by atoms with van der Waals surface area (Å²) in [7, 11) is -2.61. The van der Waals surface area contributed by atoms with Gasteiger partial charge in [-0.1, -0.05) is 18.2 Å². The Hall–Kier alpha value is -2.33. The highest BCUT2D eigenvalue weighted by Gasteiger charge is 2.29. The zero-order valence-electron chi connectivity index (χ0n) is 13.1. The molecule has 10 heteroatoms. The van der Waals surface area contributed by atoms with Crippen molar-refractivity contribution in [2.45, 2.75) is 17.6 Å². The zero-order chi connectivity index (χ0) is 18.5. The molecule has 2 aromatic rings. The maximum absolute atomic E-state index is 12.4. The first kappa shape index (κ1) is 19.0. The largest absolute Gasteiger partial charge is 0.495 e. The number of hydrogen-bond donors (Lipinski definition) is 1. The van der Waals surface area contributed by atoms with Crippen molar-refractivity contribution in [1.29, 1.82) is 0 Å². The molecule has 1 aromatic heterocycles. The van der Waals surface area contributed by atoms with Gasteiger partial charge in [-0.15, -0.1) is 0 Å². The maximum atomic E-state index is 12.4. The molecular formula is C15H15F3N2O4S. The Morgan fingerprint density at radius 2 is 1.88 bits per heavy atom. The third-order valence-electron chi connectivity index (χ3n) is 3.03. The van der Waals surface area contributed by atoms with Crippen LogP contribution in [0.15, 0.2) is 47.5 Å². The minimum atomic E-state index is -4.52. The Morgan fingerprint density at radius 3 is 2.56 bits per heavy atom. The fraction of sp³-hybridized carbons (Fsp3) is 0.267. The predicted molar refractivity (Wildman–Crippen MR) is 82.8 cm³/mol. The summed E-state index contributed by atoms with van der Waals surface area (Å²) in [6, 6.07) is 8.86. The summed E-state index contributed by atoms with van der Waals surface area (Å²) in [5.74, 6) is -0.141. The molecule has 2 rings (SSSR count). The van der Waals surface area contributed by atoms with Crippen molar-refractivity contribution in [3.05, 3.63) is 48.2 Å². The average Bonchev–Trinajstić information content (AvgIpc) is 2.58. The molecule has 0 saturated carbocycles. The lowest BCUT2D eigenvalue weighted by Gasteiger charge is -2.13. The van der Waals surface area contributed by atoms with E-state index in [1.54, 1.807) is 6.07 Å². The molecule has 1 N–H and O–H groups in total. The summed E-state index contributed by atoms with van der Waals surface area (Å²) in [5, 5.41) is 0. The van der Waals surface area contributed by atoms with Crippen LogP contribution >= 0.6 is 0 Å². The van der Waals surface area contributed by atoms with Crippen LogP contribution < -0.4 is 14.2 Å². The summed E-state index contributed by atoms with van der Waals surface area (Å²) in [5.41, 5.74) is 0.172. The van der Waals surface area contributed by atoms with Gasteiger partial charge in [-0.25, -0.2) is 18.1 Å². The van der Waals surface area contributed by atoms with E-state index in [1.165, 1.54) is 43.6 Å². The van der Waals surface area contributed by atoms with Crippen LogP contribution in [0.3, 0.4) is 0 Å². The van der Waals surface area contributed by atoms with Crippen LogP contribution in [-0.4, -0.2) is 33.3 Å². The molecule has 136 valence electrons. The van der Waals surface area contributed by atoms with E-state index in [1.807, 2.05) is 0 Å². The SMILES string of the molecule is COc1ccccc1S(=O)(=O)NCc1cccnc1OCC(F)(F)F. The number of para-hydroxylation sites is 1. The smallest absolute Gasteiger partial charge is 0.422 e. The van der Waals surface area contributed by atoms with Crippen molar-refractivity contribution in [3.8, 4) is 11.6 Å². The Bertz CT molecular complexity index is 826. The van der Waals surface area contributed by atoms with Crippen LogP contribution in [0.25, 0.3) is 0 Å². The number of ether oxygens (including phenoxy) is 2. The number of nitrogens with one attached hydrogen (secondary N) is 1. The lowest BCUT2D eigenvalue weighted by molar-refractivity contribution is -0.154. The summed E-state index contributed by atoms with van der Waals surface area (Å²) < 4.78 is 73.5. The second-order valence-electron chi connectivity index (χ2n) is 4.85. The van der Waals surface area contributed by atoms with Crippen molar-refractivity contribution in [1.82, 2.24) is 9.71 Å². The fourth-order valence-electron chi connectivity index (χ4n) is 1.93. The first-order valence-corrected chi connectivity index (χ1v) is 8.47. The first-order chi connectivity index (χ1) is 11.7. The molecule has 0 radical (unpaired) electrons. The van der Waals surface area contributed by atoms with Gasteiger partial charge in [0.2, 0.25) is 15.9 Å². The molecule has 0 spiro atoms. The van der Waals surface area contributed by atoms with Gasteiger partial charge in [0.25, 0.3) is 0 Å². The van der Waals surface area contributed by atoms with E-state index in [4.69, 9.17) is 4.74 Å². The quantitative estimate of drug-likeness (QED) is 0.804. The summed E-state index contributed by atoms with van der Waals surface area (Å²) in [4.78, 5) is 3.62. The minimum Gasteiger partial charge on any atom is -0.495 e. The van der Waals surface area contributed by atoms with E-state index in [0.29, 0.717) is 0 Å². The van der Waals surface area contributed by atoms with Gasteiger partial charge < -0.3 is 9.47 Å². The van der Waals surface area contributed by atoms with E-state index in [2.05, 4.69) is 14.4 Å². The number of nitrogens with zero attached hydrogens (tertiary/aromatic N) is 1. The molecule has 25 heavy (non-hydrogen) atoms. The number of halogens is 3. The van der Waals surface area contributed by atoms with Crippen LogP contribution in [0.4, 0.5) is 13.2 Å². The normalized spacial score (nSPS) is 12.0. The van der Waals surface area contributed by atoms with Crippen LogP contribution in [-0.2, 0) is 16.6 Å². The van der Waals surface area contributed by atoms with Crippen molar-refractivity contribution in [2.24, 2.45) is 0 Å². The molecule has 0 fully saturated rings. The highest BCUT2D eigenvalue weighted by atomic mass is 32.2. The summed E-state index contributed by atoms with van der Waals surface area (Å²) in [6.45, 7) is -1.81. The van der Waals surface area contributed by atoms with Crippen LogP contribution in [0.1, 0.15) is 5.56 Å². The molecule has 0 aliphatic rings. The molecule has 0 amide bonds. The number of benzene rings is 1. The fourth-order valence-corrected chi connectivity index (χ4v) is 3.11. The number of pyridine rings is 1. The monoisotopic (exact) mass is 376 g/mol. The molecule has 0 unspecified atom stereocenters. The van der Waals surface area contributed by atoms with Gasteiger partial charge in [-0.3, -0.25) is 0 Å². The molecule has 0 aliphatic heterocycles. The maximum Gasteiger partial charge on any atom is 0.422 e. The van der Waals surface area contributed by atoms with E-state index in [9.17, 15) is 21.6 Å². The van der Waals surface area contributed by atoms with Crippen molar-refractivity contribution >= 4 is 10.0 Å². The third kappa shape index (κ3) is 5.33. The standard InChI is InChI=1S/C15H15F3N2O4S/c1-23-12-6-2-3-7-13(12)25(21,22)20-9-11-5-4-8-19-14(11)24-10-15(16,17)18/h2-8,20H,9-10H2,1H3. The zero-order valence-corrected chi connectivity index (χ0v) is 13.9. The van der Waals surface area contributed by atoms with Crippen LogP contribution in [0.5, 0.6) is 11.6 Å². The van der Waals surface area contributed by atoms with E-state index >= 15 is 0 Å². The number of methoxy groups -OCH3 is 1. The number of rotatable bonds is 7. The van der Waals surface area contributed by atoms with Gasteiger partial charge in [0.15, 0.2) is 6.61 Å². The lowest BCUT2D eigenvalue weighted by atomic mass is 10.3. The van der Waals surface area contributed by atoms with Crippen molar-refractivity contribution in [3.63, 3.8) is 0 Å². The molecule has 0 bridgehead atoms. The molecule has 0 saturated heterocycles. The van der Waals surface area contributed by atoms with Crippen molar-refractivity contribution < 1.29 is 31.1 Å². The van der Waals surface area contributed by atoms with Gasteiger partial charge in [-0.05, 0) is 18.2 Å². The molecule has 1 heterocycles. The molecule has 1 aromatic carbocycles. The Labute approximate surface area is 142 Å². The minimum absolute atomic E-state index is 0.0841. The summed E-state index contributed by atoms with van der Waals surface area (Å²) in [6.07, 6.45) is -3.27. The number of alkyl halides is 3. The van der Waals surface area contributed by atoms with Gasteiger partial charge in [0.05, 0.1) is 7.11 Å². The van der Waals surface area contributed by atoms with Crippen molar-refractivity contribution in [2.75, 3.05) is 13.7 Å². The number of hydrogen-bond acceptors (Lipinski definition) is 5. The van der Waals surface area contributed by atoms with Gasteiger partial charge in [0, 0.05) is 18.3 Å².